The fourth-order valence-corrected chi connectivity index (χ4v) is 3.93. The molecular weight excluding hydrogens is 511 g/mol. The van der Waals surface area contributed by atoms with Gasteiger partial charge in [0.25, 0.3) is 0 Å². The molecule has 9 heteroatoms. The monoisotopic (exact) mass is 536 g/mol. The number of nitrogens with zero attached hydrogens (tertiary/aromatic N) is 3. The zero-order valence-corrected chi connectivity index (χ0v) is 20.3. The highest BCUT2D eigenvalue weighted by Crippen LogP contribution is 2.19. The second-order valence-electron chi connectivity index (χ2n) is 6.24. The highest BCUT2D eigenvalue weighted by atomic mass is 127. The average Bonchev–Trinajstić information content (AvgIpc) is 2.64. The highest BCUT2D eigenvalue weighted by Gasteiger charge is 2.21. The number of nitrogens with one attached hydrogen (secondary N) is 1. The van der Waals surface area contributed by atoms with E-state index in [0.29, 0.717) is 29.6 Å². The largest absolute Gasteiger partial charge is 0.352 e. The summed E-state index contributed by atoms with van der Waals surface area (Å²) in [5.74, 6) is 0.645. The number of halogens is 2. The van der Waals surface area contributed by atoms with E-state index in [1.807, 2.05) is 42.3 Å². The molecule has 0 aromatic heterocycles. The Morgan fingerprint density at radius 2 is 1.61 bits per heavy atom. The summed E-state index contributed by atoms with van der Waals surface area (Å²) in [6.07, 6.45) is 0. The van der Waals surface area contributed by atoms with Crippen LogP contribution in [0.1, 0.15) is 11.1 Å². The zero-order valence-electron chi connectivity index (χ0n) is 16.4. The summed E-state index contributed by atoms with van der Waals surface area (Å²) >= 11 is 6.23. The van der Waals surface area contributed by atoms with Gasteiger partial charge < -0.3 is 10.2 Å². The Kier molecular flexibility index (Phi) is 9.68. The van der Waals surface area contributed by atoms with Gasteiger partial charge in [-0.25, -0.2) is 12.7 Å². The van der Waals surface area contributed by atoms with Crippen molar-refractivity contribution in [3.05, 3.63) is 64.7 Å². The molecule has 0 atom stereocenters. The molecule has 0 aliphatic rings. The van der Waals surface area contributed by atoms with Crippen LogP contribution < -0.4 is 5.32 Å². The van der Waals surface area contributed by atoms with Gasteiger partial charge >= 0.3 is 0 Å². The van der Waals surface area contributed by atoms with E-state index < -0.39 is 10.0 Å². The minimum Gasteiger partial charge on any atom is -0.352 e. The molecule has 0 fully saturated rings. The van der Waals surface area contributed by atoms with E-state index in [1.165, 1.54) is 18.4 Å². The van der Waals surface area contributed by atoms with Crippen molar-refractivity contribution in [3.8, 4) is 0 Å². The molecule has 2 rings (SSSR count). The van der Waals surface area contributed by atoms with E-state index >= 15 is 0 Å². The van der Waals surface area contributed by atoms with Crippen LogP contribution in [0.2, 0.25) is 5.02 Å². The summed E-state index contributed by atoms with van der Waals surface area (Å²) in [6, 6.07) is 14.6. The molecule has 0 radical (unpaired) electrons. The SMILES string of the molecule is CN=C(NCc1ccccc1S(=O)(=O)N(C)C)N(C)Cc1ccccc1Cl.I. The lowest BCUT2D eigenvalue weighted by Crippen LogP contribution is -2.38. The maximum Gasteiger partial charge on any atom is 0.242 e. The molecule has 1 N–H and O–H groups in total. The van der Waals surface area contributed by atoms with Crippen LogP contribution in [0.4, 0.5) is 0 Å². The normalized spacial score (nSPS) is 11.9. The quantitative estimate of drug-likeness (QED) is 0.349. The van der Waals surface area contributed by atoms with Crippen LogP contribution in [0, 0.1) is 0 Å². The van der Waals surface area contributed by atoms with Crippen LogP contribution in [0.25, 0.3) is 0 Å². The Morgan fingerprint density at radius 1 is 1.04 bits per heavy atom. The van der Waals surface area contributed by atoms with Gasteiger partial charge in [0.05, 0.1) is 4.90 Å². The van der Waals surface area contributed by atoms with Crippen LogP contribution in [0.3, 0.4) is 0 Å². The van der Waals surface area contributed by atoms with Gasteiger partial charge in [-0.15, -0.1) is 24.0 Å². The summed E-state index contributed by atoms with van der Waals surface area (Å²) in [7, 11) is 3.13. The van der Waals surface area contributed by atoms with Gasteiger partial charge in [-0.2, -0.15) is 0 Å². The molecular formula is C19H26ClIN4O2S. The molecule has 0 unspecified atom stereocenters. The molecule has 0 aliphatic heterocycles. The van der Waals surface area contributed by atoms with Crippen molar-refractivity contribution in [2.24, 2.45) is 4.99 Å². The first-order chi connectivity index (χ1) is 12.8. The van der Waals surface area contributed by atoms with Crippen LogP contribution >= 0.6 is 35.6 Å². The summed E-state index contributed by atoms with van der Waals surface area (Å²) in [6.45, 7) is 0.916. The van der Waals surface area contributed by atoms with E-state index in [1.54, 1.807) is 25.2 Å². The fourth-order valence-electron chi connectivity index (χ4n) is 2.61. The average molecular weight is 537 g/mol. The number of sulfonamides is 1. The van der Waals surface area contributed by atoms with Gasteiger partial charge in [-0.1, -0.05) is 48.0 Å². The van der Waals surface area contributed by atoms with Gasteiger partial charge in [-0.05, 0) is 23.3 Å². The Labute approximate surface area is 189 Å². The molecule has 0 spiro atoms. The van der Waals surface area contributed by atoms with Crippen LogP contribution in [-0.2, 0) is 23.1 Å². The molecule has 6 nitrogen and oxygen atoms in total. The van der Waals surface area contributed by atoms with E-state index in [0.717, 1.165) is 5.56 Å². The standard InChI is InChI=1S/C19H25ClN4O2S.HI/c1-21-19(24(4)14-16-10-5-7-11-17(16)20)22-13-15-9-6-8-12-18(15)27(25,26)23(2)3;/h5-12H,13-14H2,1-4H3,(H,21,22);1H. The smallest absolute Gasteiger partial charge is 0.242 e. The first-order valence-electron chi connectivity index (χ1n) is 8.43. The minimum atomic E-state index is -3.51. The Hall–Kier alpha value is -1.36. The third kappa shape index (κ3) is 6.07. The predicted molar refractivity (Wildman–Crippen MR) is 126 cm³/mol. The number of aliphatic imine (C=N–C) groups is 1. The number of hydrogen-bond acceptors (Lipinski definition) is 3. The fraction of sp³-hybridized carbons (Fsp3) is 0.316. The molecule has 154 valence electrons. The first kappa shape index (κ1) is 24.7. The van der Waals surface area contributed by atoms with Crippen molar-refractivity contribution >= 4 is 51.6 Å². The summed E-state index contributed by atoms with van der Waals surface area (Å²) in [5.41, 5.74) is 1.67. The topological polar surface area (TPSA) is 65.0 Å². The Bertz CT molecular complexity index is 920. The maximum absolute atomic E-state index is 12.5. The van der Waals surface area contributed by atoms with Crippen molar-refractivity contribution < 1.29 is 8.42 Å². The van der Waals surface area contributed by atoms with E-state index in [2.05, 4.69) is 10.3 Å². The third-order valence-corrected chi connectivity index (χ3v) is 6.39. The maximum atomic E-state index is 12.5. The van der Waals surface area contributed by atoms with Crippen LogP contribution in [0.5, 0.6) is 0 Å². The first-order valence-corrected chi connectivity index (χ1v) is 10.2. The third-order valence-electron chi connectivity index (χ3n) is 4.11. The van der Waals surface area contributed by atoms with Gasteiger partial charge in [0.1, 0.15) is 0 Å². The lowest BCUT2D eigenvalue weighted by atomic mass is 10.2. The molecule has 0 amide bonds. The number of benzene rings is 2. The number of rotatable bonds is 6. The molecule has 0 aliphatic carbocycles. The summed E-state index contributed by atoms with van der Waals surface area (Å²) in [4.78, 5) is 6.50. The summed E-state index contributed by atoms with van der Waals surface area (Å²) in [5, 5.41) is 3.92. The van der Waals surface area contributed by atoms with Crippen molar-refractivity contribution in [1.29, 1.82) is 0 Å². The van der Waals surface area contributed by atoms with Gasteiger partial charge in [0.15, 0.2) is 5.96 Å². The van der Waals surface area contributed by atoms with E-state index in [-0.39, 0.29) is 28.9 Å². The predicted octanol–water partition coefficient (Wildman–Crippen LogP) is 3.42. The van der Waals surface area contributed by atoms with Gasteiger partial charge in [-0.3, -0.25) is 4.99 Å². The lowest BCUT2D eigenvalue weighted by Gasteiger charge is -2.23. The van der Waals surface area contributed by atoms with Crippen LogP contribution in [0.15, 0.2) is 58.4 Å². The molecule has 2 aromatic carbocycles. The molecule has 0 saturated heterocycles. The Balaban J connectivity index is 0.00000392. The second-order valence-corrected chi connectivity index (χ2v) is 8.77. The zero-order chi connectivity index (χ0) is 20.0. The van der Waals surface area contributed by atoms with Gasteiger partial charge in [0.2, 0.25) is 10.0 Å². The van der Waals surface area contributed by atoms with Crippen molar-refractivity contribution in [2.75, 3.05) is 28.2 Å². The molecule has 2 aromatic rings. The molecule has 0 bridgehead atoms. The Morgan fingerprint density at radius 3 is 2.18 bits per heavy atom. The van der Waals surface area contributed by atoms with Gasteiger partial charge in [0, 0.05) is 46.3 Å². The highest BCUT2D eigenvalue weighted by molar-refractivity contribution is 14.0. The van der Waals surface area contributed by atoms with Crippen molar-refractivity contribution in [3.63, 3.8) is 0 Å². The van der Waals surface area contributed by atoms with Crippen molar-refractivity contribution in [1.82, 2.24) is 14.5 Å². The van der Waals surface area contributed by atoms with Crippen molar-refractivity contribution in [2.45, 2.75) is 18.0 Å². The lowest BCUT2D eigenvalue weighted by molar-refractivity contribution is 0.476. The molecule has 0 heterocycles. The van der Waals surface area contributed by atoms with Crippen LogP contribution in [-0.4, -0.2) is 51.8 Å². The number of guanidine groups is 1. The molecule has 28 heavy (non-hydrogen) atoms. The van der Waals surface area contributed by atoms with E-state index in [9.17, 15) is 8.42 Å². The number of hydrogen-bond donors (Lipinski definition) is 1. The van der Waals surface area contributed by atoms with E-state index in [4.69, 9.17) is 11.6 Å². The summed E-state index contributed by atoms with van der Waals surface area (Å²) < 4.78 is 26.3. The minimum absolute atomic E-state index is 0. The molecule has 0 saturated carbocycles. The second kappa shape index (κ2) is 11.0.